The van der Waals surface area contributed by atoms with Gasteiger partial charge in [0.15, 0.2) is 11.6 Å². The van der Waals surface area contributed by atoms with E-state index in [1.807, 2.05) is 74.7 Å². The zero-order valence-electron chi connectivity index (χ0n) is 15.6. The summed E-state index contributed by atoms with van der Waals surface area (Å²) in [5.74, 6) is 1.93. The lowest BCUT2D eigenvalue weighted by atomic mass is 9.91. The molecule has 27 heavy (non-hydrogen) atoms. The van der Waals surface area contributed by atoms with Crippen molar-refractivity contribution in [2.75, 3.05) is 0 Å². The Bertz CT molecular complexity index is 981. The van der Waals surface area contributed by atoms with Crippen LogP contribution in [0.5, 0.6) is 0 Å². The largest absolute Gasteiger partial charge is 0.277 e. The smallest absolute Gasteiger partial charge is 0.165 e. The van der Waals surface area contributed by atoms with Gasteiger partial charge in [0, 0.05) is 17.4 Å². The monoisotopic (exact) mass is 354 g/mol. The van der Waals surface area contributed by atoms with E-state index >= 15 is 0 Å². The Kier molecular flexibility index (Phi) is 5.36. The fraction of sp³-hybridized carbons (Fsp3) is 0.130. The summed E-state index contributed by atoms with van der Waals surface area (Å²) in [7, 11) is 0. The Morgan fingerprint density at radius 3 is 2.48 bits per heavy atom. The molecule has 1 aliphatic rings. The highest BCUT2D eigenvalue weighted by Gasteiger charge is 2.23. The summed E-state index contributed by atoms with van der Waals surface area (Å²) in [6.07, 6.45) is 13.2. The van der Waals surface area contributed by atoms with Gasteiger partial charge in [-0.1, -0.05) is 73.9 Å². The molecule has 0 saturated heterocycles. The van der Waals surface area contributed by atoms with E-state index in [0.29, 0.717) is 17.5 Å². The van der Waals surface area contributed by atoms with Gasteiger partial charge in [0.1, 0.15) is 11.4 Å². The average Bonchev–Trinajstić information content (AvgIpc) is 2.89. The van der Waals surface area contributed by atoms with E-state index in [9.17, 15) is 0 Å². The lowest BCUT2D eigenvalue weighted by Gasteiger charge is -2.22. The van der Waals surface area contributed by atoms with E-state index in [4.69, 9.17) is 4.99 Å². The molecule has 0 spiro atoms. The van der Waals surface area contributed by atoms with Crippen molar-refractivity contribution in [3.8, 4) is 11.4 Å². The number of rotatable bonds is 5. The first kappa shape index (κ1) is 18.4. The van der Waals surface area contributed by atoms with Crippen molar-refractivity contribution >= 4 is 11.8 Å². The molecular formula is C23H22N4. The molecule has 0 amide bonds. The normalized spacial score (nSPS) is 19.3. The van der Waals surface area contributed by atoms with Crippen molar-refractivity contribution in [3.63, 3.8) is 0 Å². The maximum atomic E-state index is 4.77. The van der Waals surface area contributed by atoms with Crippen molar-refractivity contribution in [1.29, 1.82) is 0 Å². The predicted molar refractivity (Wildman–Crippen MR) is 112 cm³/mol. The fourth-order valence-electron chi connectivity index (χ4n) is 2.83. The summed E-state index contributed by atoms with van der Waals surface area (Å²) in [5, 5.41) is 0. The Balaban J connectivity index is 2.00. The molecule has 0 fully saturated rings. The Hall–Kier alpha value is -3.40. The van der Waals surface area contributed by atoms with E-state index < -0.39 is 5.54 Å². The summed E-state index contributed by atoms with van der Waals surface area (Å²) < 4.78 is 0. The van der Waals surface area contributed by atoms with Crippen molar-refractivity contribution < 1.29 is 0 Å². The first-order valence-corrected chi connectivity index (χ1v) is 8.74. The molecule has 0 aliphatic carbocycles. The second kappa shape index (κ2) is 7.87. The van der Waals surface area contributed by atoms with Gasteiger partial charge < -0.3 is 0 Å². The minimum atomic E-state index is -0.515. The van der Waals surface area contributed by atoms with Crippen molar-refractivity contribution in [2.45, 2.75) is 19.4 Å². The molecule has 0 N–H and O–H groups in total. The summed E-state index contributed by atoms with van der Waals surface area (Å²) in [6.45, 7) is 11.6. The Labute approximate surface area is 160 Å². The van der Waals surface area contributed by atoms with Crippen LogP contribution in [0.25, 0.3) is 17.0 Å². The van der Waals surface area contributed by atoms with E-state index in [-0.39, 0.29) is 0 Å². The van der Waals surface area contributed by atoms with Crippen LogP contribution in [0.1, 0.15) is 18.6 Å². The van der Waals surface area contributed by atoms with Gasteiger partial charge in [0.05, 0.1) is 0 Å². The average molecular weight is 354 g/mol. The van der Waals surface area contributed by atoms with Gasteiger partial charge in [-0.25, -0.2) is 15.0 Å². The van der Waals surface area contributed by atoms with Crippen LogP contribution in [0.4, 0.5) is 0 Å². The third-order valence-corrected chi connectivity index (χ3v) is 4.31. The van der Waals surface area contributed by atoms with Crippen LogP contribution in [0, 0.1) is 6.92 Å². The molecule has 4 nitrogen and oxygen atoms in total. The zero-order valence-corrected chi connectivity index (χ0v) is 15.6. The van der Waals surface area contributed by atoms with Crippen molar-refractivity contribution in [1.82, 2.24) is 15.0 Å². The molecule has 1 aromatic carbocycles. The highest BCUT2D eigenvalue weighted by Crippen LogP contribution is 2.27. The molecule has 0 bridgehead atoms. The standard InChI is InChI=1S/C23H22N4/c1-5-11-20(6-2)23(4)15-10-14-19(16-24-23)22-26-17(3)25-21(27-22)18-12-8-7-9-13-18/h5-16H,1-2H2,3-4H3/b20-11+. The molecule has 2 aromatic rings. The predicted octanol–water partition coefficient (Wildman–Crippen LogP) is 4.93. The lowest BCUT2D eigenvalue weighted by molar-refractivity contribution is 0.712. The molecule has 1 aliphatic heterocycles. The van der Waals surface area contributed by atoms with Crippen LogP contribution in [0.15, 0.2) is 90.5 Å². The SMILES string of the molecule is C=C/C=C(\C=C)C1(C)C=CC=C(c2nc(C)nc(-c3ccccc3)n2)C=N1. The summed E-state index contributed by atoms with van der Waals surface area (Å²) >= 11 is 0. The summed E-state index contributed by atoms with van der Waals surface area (Å²) in [6, 6.07) is 9.89. The fourth-order valence-corrected chi connectivity index (χ4v) is 2.83. The number of aryl methyl sites for hydroxylation is 1. The van der Waals surface area contributed by atoms with Gasteiger partial charge in [0.2, 0.25) is 0 Å². The number of aromatic nitrogens is 3. The quantitative estimate of drug-likeness (QED) is 0.716. The molecule has 0 radical (unpaired) electrons. The summed E-state index contributed by atoms with van der Waals surface area (Å²) in [5.41, 5.74) is 2.24. The first-order valence-electron chi connectivity index (χ1n) is 8.74. The Morgan fingerprint density at radius 1 is 1.04 bits per heavy atom. The van der Waals surface area contributed by atoms with Crippen molar-refractivity contribution in [2.24, 2.45) is 4.99 Å². The van der Waals surface area contributed by atoms with Crippen LogP contribution >= 0.6 is 0 Å². The molecule has 2 heterocycles. The molecule has 134 valence electrons. The third kappa shape index (κ3) is 4.06. The van der Waals surface area contributed by atoms with E-state index in [0.717, 1.165) is 16.7 Å². The lowest BCUT2D eigenvalue weighted by Crippen LogP contribution is -2.20. The number of allylic oxidation sites excluding steroid dienone is 5. The van der Waals surface area contributed by atoms with E-state index in [1.165, 1.54) is 0 Å². The maximum Gasteiger partial charge on any atom is 0.165 e. The minimum absolute atomic E-state index is 0.515. The molecule has 1 aromatic heterocycles. The maximum absolute atomic E-state index is 4.77. The van der Waals surface area contributed by atoms with Crippen LogP contribution < -0.4 is 0 Å². The topological polar surface area (TPSA) is 51.0 Å². The number of aliphatic imine (C=N–C) groups is 1. The van der Waals surface area contributed by atoms with Crippen LogP contribution in [-0.2, 0) is 0 Å². The molecule has 1 atom stereocenters. The summed E-state index contributed by atoms with van der Waals surface area (Å²) in [4.78, 5) is 18.4. The minimum Gasteiger partial charge on any atom is -0.277 e. The van der Waals surface area contributed by atoms with Gasteiger partial charge in [-0.15, -0.1) is 0 Å². The van der Waals surface area contributed by atoms with Gasteiger partial charge in [-0.05, 0) is 25.5 Å². The molecule has 4 heteroatoms. The highest BCUT2D eigenvalue weighted by molar-refractivity contribution is 6.09. The molecule has 1 unspecified atom stereocenters. The number of hydrogen-bond acceptors (Lipinski definition) is 4. The number of hydrogen-bond donors (Lipinski definition) is 0. The van der Waals surface area contributed by atoms with Crippen LogP contribution in [0.3, 0.4) is 0 Å². The van der Waals surface area contributed by atoms with Gasteiger partial charge in [0.25, 0.3) is 0 Å². The second-order valence-electron chi connectivity index (χ2n) is 6.34. The van der Waals surface area contributed by atoms with Crippen LogP contribution in [-0.4, -0.2) is 26.7 Å². The van der Waals surface area contributed by atoms with Crippen molar-refractivity contribution in [3.05, 3.63) is 97.2 Å². The molecule has 3 rings (SSSR count). The number of nitrogens with zero attached hydrogens (tertiary/aromatic N) is 4. The molecule has 0 saturated carbocycles. The molecular weight excluding hydrogens is 332 g/mol. The highest BCUT2D eigenvalue weighted by atomic mass is 15.0. The zero-order chi connectivity index (χ0) is 19.3. The second-order valence-corrected chi connectivity index (χ2v) is 6.34. The van der Waals surface area contributed by atoms with E-state index in [1.54, 1.807) is 12.2 Å². The van der Waals surface area contributed by atoms with Gasteiger partial charge >= 0.3 is 0 Å². The Morgan fingerprint density at radius 2 is 1.78 bits per heavy atom. The third-order valence-electron chi connectivity index (χ3n) is 4.31. The van der Waals surface area contributed by atoms with Gasteiger partial charge in [-0.3, -0.25) is 4.99 Å². The number of benzene rings is 1. The van der Waals surface area contributed by atoms with Crippen LogP contribution in [0.2, 0.25) is 0 Å². The first-order chi connectivity index (χ1) is 13.1. The van der Waals surface area contributed by atoms with E-state index in [2.05, 4.69) is 28.1 Å². The van der Waals surface area contributed by atoms with Gasteiger partial charge in [-0.2, -0.15) is 0 Å².